The van der Waals surface area contributed by atoms with Gasteiger partial charge in [0.1, 0.15) is 0 Å². The van der Waals surface area contributed by atoms with E-state index >= 15 is 0 Å². The molecule has 4 nitrogen and oxygen atoms in total. The van der Waals surface area contributed by atoms with E-state index in [0.29, 0.717) is 12.6 Å². The molecule has 0 bridgehead atoms. The van der Waals surface area contributed by atoms with Crippen LogP contribution in [0.25, 0.3) is 5.69 Å². The van der Waals surface area contributed by atoms with E-state index in [1.54, 1.807) is 0 Å². The van der Waals surface area contributed by atoms with Gasteiger partial charge in [-0.3, -0.25) is 9.69 Å². The van der Waals surface area contributed by atoms with Crippen LogP contribution in [0.2, 0.25) is 0 Å². The lowest BCUT2D eigenvalue weighted by Crippen LogP contribution is -2.40. The summed E-state index contributed by atoms with van der Waals surface area (Å²) in [5, 5.41) is 0. The molecule has 2 heterocycles. The van der Waals surface area contributed by atoms with Gasteiger partial charge >= 0.3 is 0 Å². The van der Waals surface area contributed by atoms with Gasteiger partial charge in [0.2, 0.25) is 0 Å². The lowest BCUT2D eigenvalue weighted by Gasteiger charge is -2.31. The van der Waals surface area contributed by atoms with Crippen LogP contribution < -0.4 is 0 Å². The lowest BCUT2D eigenvalue weighted by molar-refractivity contribution is 0.00852. The molecule has 1 aromatic heterocycles. The summed E-state index contributed by atoms with van der Waals surface area (Å²) in [7, 11) is 0. The molecule has 0 N–H and O–H groups in total. The van der Waals surface area contributed by atoms with E-state index in [2.05, 4.69) is 54.5 Å². The third-order valence-corrected chi connectivity index (χ3v) is 5.48. The van der Waals surface area contributed by atoms with Crippen molar-refractivity contribution >= 4 is 5.78 Å². The monoisotopic (exact) mass is 368 g/mol. The number of piperidine rings is 1. The first-order valence-corrected chi connectivity index (χ1v) is 10.1. The Balaban J connectivity index is 1.66. The molecule has 1 aliphatic rings. The van der Waals surface area contributed by atoms with Crippen molar-refractivity contribution in [1.29, 1.82) is 0 Å². The highest BCUT2D eigenvalue weighted by atomic mass is 16.5. The second kappa shape index (κ2) is 8.85. The molecule has 0 aliphatic carbocycles. The number of carbonyl (C=O) groups is 1. The van der Waals surface area contributed by atoms with Gasteiger partial charge in [0, 0.05) is 42.3 Å². The van der Waals surface area contributed by atoms with Crippen LogP contribution in [0.1, 0.15) is 53.5 Å². The number of aromatic nitrogens is 1. The quantitative estimate of drug-likeness (QED) is 0.676. The second-order valence-corrected chi connectivity index (χ2v) is 7.73. The van der Waals surface area contributed by atoms with Crippen LogP contribution in [0.3, 0.4) is 0 Å². The molecule has 0 atom stereocenters. The number of carbonyl (C=O) groups excluding carboxylic acids is 1. The van der Waals surface area contributed by atoms with E-state index in [1.807, 2.05) is 13.0 Å². The fourth-order valence-corrected chi connectivity index (χ4v) is 3.94. The van der Waals surface area contributed by atoms with Gasteiger partial charge in [-0.25, -0.2) is 0 Å². The zero-order valence-corrected chi connectivity index (χ0v) is 17.1. The Morgan fingerprint density at radius 3 is 2.41 bits per heavy atom. The number of ketones is 1. The Labute approximate surface area is 163 Å². The van der Waals surface area contributed by atoms with Crippen LogP contribution in [0.15, 0.2) is 30.3 Å². The molecule has 1 aromatic carbocycles. The third-order valence-electron chi connectivity index (χ3n) is 5.48. The first-order chi connectivity index (χ1) is 13.0. The zero-order chi connectivity index (χ0) is 19.4. The number of rotatable bonds is 7. The summed E-state index contributed by atoms with van der Waals surface area (Å²) >= 11 is 0. The maximum atomic E-state index is 13.0. The SMILES string of the molecule is CCCOC1CCN(CC(=O)c2cc(C)n(-c3ccc(C)cc3)c2C)CC1. The predicted molar refractivity (Wildman–Crippen MR) is 110 cm³/mol. The topological polar surface area (TPSA) is 34.5 Å². The lowest BCUT2D eigenvalue weighted by atomic mass is 10.1. The van der Waals surface area contributed by atoms with E-state index < -0.39 is 0 Å². The number of nitrogens with zero attached hydrogens (tertiary/aromatic N) is 2. The fraction of sp³-hybridized carbons (Fsp3) is 0.522. The van der Waals surface area contributed by atoms with E-state index in [4.69, 9.17) is 4.74 Å². The molecule has 0 unspecified atom stereocenters. The normalized spacial score (nSPS) is 16.0. The number of benzene rings is 1. The molecule has 146 valence electrons. The first-order valence-electron chi connectivity index (χ1n) is 10.1. The summed E-state index contributed by atoms with van der Waals surface area (Å²) in [5.41, 5.74) is 5.33. The van der Waals surface area contributed by atoms with Crippen LogP contribution in [0.5, 0.6) is 0 Å². The smallest absolute Gasteiger partial charge is 0.178 e. The Kier molecular flexibility index (Phi) is 6.51. The minimum atomic E-state index is 0.217. The number of hydrogen-bond acceptors (Lipinski definition) is 3. The molecule has 2 aromatic rings. The van der Waals surface area contributed by atoms with E-state index in [-0.39, 0.29) is 5.78 Å². The molecule has 0 amide bonds. The van der Waals surface area contributed by atoms with Crippen molar-refractivity contribution in [2.24, 2.45) is 0 Å². The van der Waals surface area contributed by atoms with Gasteiger partial charge in [-0.05, 0) is 58.2 Å². The van der Waals surface area contributed by atoms with Crippen molar-refractivity contribution in [2.45, 2.75) is 53.1 Å². The van der Waals surface area contributed by atoms with Crippen molar-refractivity contribution in [2.75, 3.05) is 26.2 Å². The van der Waals surface area contributed by atoms with E-state index in [1.165, 1.54) is 5.56 Å². The molecular weight excluding hydrogens is 336 g/mol. The van der Waals surface area contributed by atoms with E-state index in [0.717, 1.165) is 61.6 Å². The Morgan fingerprint density at radius 1 is 1.11 bits per heavy atom. The molecule has 1 fully saturated rings. The van der Waals surface area contributed by atoms with Gasteiger partial charge in [-0.2, -0.15) is 0 Å². The van der Waals surface area contributed by atoms with Crippen molar-refractivity contribution < 1.29 is 9.53 Å². The molecule has 0 saturated carbocycles. The fourth-order valence-electron chi connectivity index (χ4n) is 3.94. The van der Waals surface area contributed by atoms with Gasteiger partial charge in [0.25, 0.3) is 0 Å². The third kappa shape index (κ3) is 4.69. The Bertz CT molecular complexity index is 768. The first kappa shape index (κ1) is 19.8. The van der Waals surface area contributed by atoms with Crippen molar-refractivity contribution in [3.63, 3.8) is 0 Å². The molecule has 1 saturated heterocycles. The standard InChI is InChI=1S/C23H32N2O2/c1-5-14-27-21-10-12-24(13-11-21)16-23(26)22-15-18(3)25(19(22)4)20-8-6-17(2)7-9-20/h6-9,15,21H,5,10-14,16H2,1-4H3. The summed E-state index contributed by atoms with van der Waals surface area (Å²) in [6.45, 7) is 11.6. The molecule has 0 radical (unpaired) electrons. The zero-order valence-electron chi connectivity index (χ0n) is 17.1. The van der Waals surface area contributed by atoms with Crippen LogP contribution in [-0.4, -0.2) is 47.6 Å². The maximum absolute atomic E-state index is 13.0. The summed E-state index contributed by atoms with van der Waals surface area (Å²) in [6.07, 6.45) is 3.48. The number of ether oxygens (including phenoxy) is 1. The summed E-state index contributed by atoms with van der Waals surface area (Å²) in [5.74, 6) is 0.217. The second-order valence-electron chi connectivity index (χ2n) is 7.73. The summed E-state index contributed by atoms with van der Waals surface area (Å²) < 4.78 is 8.03. The Hall–Kier alpha value is -1.91. The minimum absolute atomic E-state index is 0.217. The molecule has 0 spiro atoms. The molecule has 1 aliphatic heterocycles. The summed E-state index contributed by atoms with van der Waals surface area (Å²) in [4.78, 5) is 15.2. The van der Waals surface area contributed by atoms with Crippen LogP contribution in [0.4, 0.5) is 0 Å². The average Bonchev–Trinajstić information content (AvgIpc) is 2.96. The highest BCUT2D eigenvalue weighted by Gasteiger charge is 2.23. The molecule has 3 rings (SSSR count). The summed E-state index contributed by atoms with van der Waals surface area (Å²) in [6, 6.07) is 10.5. The maximum Gasteiger partial charge on any atom is 0.178 e. The van der Waals surface area contributed by atoms with Gasteiger partial charge in [-0.1, -0.05) is 24.6 Å². The van der Waals surface area contributed by atoms with Crippen LogP contribution >= 0.6 is 0 Å². The van der Waals surface area contributed by atoms with Crippen molar-refractivity contribution in [1.82, 2.24) is 9.47 Å². The van der Waals surface area contributed by atoms with Gasteiger partial charge < -0.3 is 9.30 Å². The molecule has 4 heteroatoms. The van der Waals surface area contributed by atoms with Crippen LogP contribution in [-0.2, 0) is 4.74 Å². The number of aryl methyl sites for hydroxylation is 2. The van der Waals surface area contributed by atoms with Crippen LogP contribution in [0, 0.1) is 20.8 Å². The van der Waals surface area contributed by atoms with Gasteiger partial charge in [-0.15, -0.1) is 0 Å². The highest BCUT2D eigenvalue weighted by molar-refractivity contribution is 5.99. The Morgan fingerprint density at radius 2 is 1.78 bits per heavy atom. The largest absolute Gasteiger partial charge is 0.378 e. The van der Waals surface area contributed by atoms with Gasteiger partial charge in [0.05, 0.1) is 12.6 Å². The van der Waals surface area contributed by atoms with Crippen molar-refractivity contribution in [3.05, 3.63) is 52.8 Å². The number of Topliss-reactive ketones (excluding diaryl/α,β-unsaturated/α-hetero) is 1. The average molecular weight is 369 g/mol. The number of hydrogen-bond donors (Lipinski definition) is 0. The molecule has 27 heavy (non-hydrogen) atoms. The van der Waals surface area contributed by atoms with E-state index in [9.17, 15) is 4.79 Å². The van der Waals surface area contributed by atoms with Gasteiger partial charge in [0.15, 0.2) is 5.78 Å². The van der Waals surface area contributed by atoms with Crippen molar-refractivity contribution in [3.8, 4) is 5.69 Å². The number of likely N-dealkylation sites (tertiary alicyclic amines) is 1. The highest BCUT2D eigenvalue weighted by Crippen LogP contribution is 2.22. The predicted octanol–water partition coefficient (Wildman–Crippen LogP) is 4.48. The molecular formula is C23H32N2O2. The minimum Gasteiger partial charge on any atom is -0.378 e.